The highest BCUT2D eigenvalue weighted by molar-refractivity contribution is 5.85. The Morgan fingerprint density at radius 3 is 2.59 bits per heavy atom. The van der Waals surface area contributed by atoms with E-state index in [2.05, 4.69) is 5.32 Å². The van der Waals surface area contributed by atoms with Gasteiger partial charge >= 0.3 is 0 Å². The zero-order chi connectivity index (χ0) is 15.2. The van der Waals surface area contributed by atoms with Gasteiger partial charge in [-0.15, -0.1) is 12.4 Å². The SMILES string of the molecule is CNCCC(=O)N(Cc1cc(OC)ccc1OC)C1CC1.Cl. The van der Waals surface area contributed by atoms with Crippen LogP contribution in [-0.2, 0) is 11.3 Å². The molecule has 0 heterocycles. The number of carbonyl (C=O) groups excluding carboxylic acids is 1. The van der Waals surface area contributed by atoms with Crippen LogP contribution in [0.4, 0.5) is 0 Å². The van der Waals surface area contributed by atoms with Gasteiger partial charge in [0.1, 0.15) is 11.5 Å². The highest BCUT2D eigenvalue weighted by atomic mass is 35.5. The van der Waals surface area contributed by atoms with Crippen LogP contribution in [0.15, 0.2) is 18.2 Å². The number of hydrogen-bond acceptors (Lipinski definition) is 4. The molecule has 0 unspecified atom stereocenters. The van der Waals surface area contributed by atoms with Gasteiger partial charge in [0.15, 0.2) is 0 Å². The fourth-order valence-corrected chi connectivity index (χ4v) is 2.37. The van der Waals surface area contributed by atoms with Crippen molar-refractivity contribution in [3.63, 3.8) is 0 Å². The van der Waals surface area contributed by atoms with Gasteiger partial charge in [-0.1, -0.05) is 0 Å². The number of methoxy groups -OCH3 is 2. The van der Waals surface area contributed by atoms with E-state index in [4.69, 9.17) is 9.47 Å². The topological polar surface area (TPSA) is 50.8 Å². The minimum absolute atomic E-state index is 0. The average Bonchev–Trinajstić information content (AvgIpc) is 3.34. The zero-order valence-corrected chi connectivity index (χ0v) is 14.2. The van der Waals surface area contributed by atoms with Crippen molar-refractivity contribution in [1.82, 2.24) is 10.2 Å². The van der Waals surface area contributed by atoms with Crippen LogP contribution in [0.5, 0.6) is 11.5 Å². The summed E-state index contributed by atoms with van der Waals surface area (Å²) in [6.07, 6.45) is 2.72. The van der Waals surface area contributed by atoms with Crippen molar-refractivity contribution in [3.8, 4) is 11.5 Å². The number of benzene rings is 1. The van der Waals surface area contributed by atoms with Crippen LogP contribution in [-0.4, -0.2) is 44.7 Å². The molecule has 0 aromatic heterocycles. The second-order valence-corrected chi connectivity index (χ2v) is 5.28. The quantitative estimate of drug-likeness (QED) is 0.795. The summed E-state index contributed by atoms with van der Waals surface area (Å²) in [7, 11) is 5.15. The van der Waals surface area contributed by atoms with Crippen LogP contribution in [0.3, 0.4) is 0 Å². The van der Waals surface area contributed by atoms with Crippen molar-refractivity contribution >= 4 is 18.3 Å². The van der Waals surface area contributed by atoms with Crippen molar-refractivity contribution in [2.45, 2.75) is 31.8 Å². The molecular formula is C16H25ClN2O3. The molecule has 1 saturated carbocycles. The van der Waals surface area contributed by atoms with E-state index in [0.29, 0.717) is 25.6 Å². The van der Waals surface area contributed by atoms with Crippen LogP contribution < -0.4 is 14.8 Å². The predicted octanol–water partition coefficient (Wildman–Crippen LogP) is 2.23. The summed E-state index contributed by atoms with van der Waals surface area (Å²) in [6, 6.07) is 6.08. The maximum absolute atomic E-state index is 12.4. The molecule has 0 radical (unpaired) electrons. The molecule has 0 spiro atoms. The number of rotatable bonds is 8. The Morgan fingerprint density at radius 1 is 1.32 bits per heavy atom. The molecule has 1 amide bonds. The van der Waals surface area contributed by atoms with Crippen LogP contribution in [0.25, 0.3) is 0 Å². The Balaban J connectivity index is 0.00000242. The van der Waals surface area contributed by atoms with Gasteiger partial charge in [-0.25, -0.2) is 0 Å². The van der Waals surface area contributed by atoms with E-state index in [0.717, 1.165) is 29.9 Å². The molecule has 0 atom stereocenters. The molecule has 1 N–H and O–H groups in total. The van der Waals surface area contributed by atoms with E-state index in [1.807, 2.05) is 30.1 Å². The lowest BCUT2D eigenvalue weighted by Crippen LogP contribution is -2.34. The molecule has 1 aromatic rings. The summed E-state index contributed by atoms with van der Waals surface area (Å²) in [6.45, 7) is 1.28. The van der Waals surface area contributed by atoms with Gasteiger partial charge in [-0.2, -0.15) is 0 Å². The van der Waals surface area contributed by atoms with Gasteiger partial charge < -0.3 is 19.7 Å². The molecule has 0 bridgehead atoms. The van der Waals surface area contributed by atoms with E-state index >= 15 is 0 Å². The summed E-state index contributed by atoms with van der Waals surface area (Å²) in [4.78, 5) is 14.3. The Hall–Kier alpha value is -1.46. The molecule has 2 rings (SSSR count). The van der Waals surface area contributed by atoms with Crippen LogP contribution in [0.2, 0.25) is 0 Å². The Kier molecular flexibility index (Phi) is 7.48. The number of nitrogens with one attached hydrogen (secondary N) is 1. The lowest BCUT2D eigenvalue weighted by molar-refractivity contribution is -0.132. The summed E-state index contributed by atoms with van der Waals surface area (Å²) in [5.74, 6) is 1.77. The van der Waals surface area contributed by atoms with Crippen molar-refractivity contribution < 1.29 is 14.3 Å². The fraction of sp³-hybridized carbons (Fsp3) is 0.562. The monoisotopic (exact) mass is 328 g/mol. The smallest absolute Gasteiger partial charge is 0.224 e. The van der Waals surface area contributed by atoms with E-state index in [1.54, 1.807) is 14.2 Å². The first-order valence-corrected chi connectivity index (χ1v) is 7.34. The van der Waals surface area contributed by atoms with Gasteiger partial charge in [-0.05, 0) is 38.1 Å². The fourth-order valence-electron chi connectivity index (χ4n) is 2.37. The summed E-state index contributed by atoms with van der Waals surface area (Å²) in [5, 5.41) is 3.03. The molecule has 1 fully saturated rings. The lowest BCUT2D eigenvalue weighted by Gasteiger charge is -2.24. The maximum Gasteiger partial charge on any atom is 0.224 e. The van der Waals surface area contributed by atoms with Crippen LogP contribution in [0.1, 0.15) is 24.8 Å². The minimum atomic E-state index is 0. The minimum Gasteiger partial charge on any atom is -0.497 e. The third-order valence-corrected chi connectivity index (χ3v) is 3.73. The highest BCUT2D eigenvalue weighted by Gasteiger charge is 2.32. The number of hydrogen-bond donors (Lipinski definition) is 1. The summed E-state index contributed by atoms with van der Waals surface area (Å²) < 4.78 is 10.7. The lowest BCUT2D eigenvalue weighted by atomic mass is 10.1. The van der Waals surface area contributed by atoms with Gasteiger partial charge in [0.2, 0.25) is 5.91 Å². The highest BCUT2D eigenvalue weighted by Crippen LogP contribution is 2.32. The van der Waals surface area contributed by atoms with E-state index in [9.17, 15) is 4.79 Å². The molecule has 1 aromatic carbocycles. The largest absolute Gasteiger partial charge is 0.497 e. The zero-order valence-electron chi connectivity index (χ0n) is 13.4. The third kappa shape index (κ3) is 4.78. The van der Waals surface area contributed by atoms with Gasteiger partial charge in [0.05, 0.1) is 14.2 Å². The molecule has 6 heteroatoms. The van der Waals surface area contributed by atoms with Crippen molar-refractivity contribution in [3.05, 3.63) is 23.8 Å². The number of ether oxygens (including phenoxy) is 2. The second kappa shape index (κ2) is 8.86. The number of nitrogens with zero attached hydrogens (tertiary/aromatic N) is 1. The van der Waals surface area contributed by atoms with Crippen molar-refractivity contribution in [1.29, 1.82) is 0 Å². The Bertz CT molecular complexity index is 492. The van der Waals surface area contributed by atoms with Gasteiger partial charge in [0.25, 0.3) is 0 Å². The molecule has 0 saturated heterocycles. The summed E-state index contributed by atoms with van der Waals surface area (Å²) in [5.41, 5.74) is 0.988. The normalized spacial score (nSPS) is 13.2. The van der Waals surface area contributed by atoms with E-state index in [-0.39, 0.29) is 18.3 Å². The van der Waals surface area contributed by atoms with E-state index < -0.39 is 0 Å². The molecule has 124 valence electrons. The van der Waals surface area contributed by atoms with Crippen LogP contribution in [0, 0.1) is 0 Å². The third-order valence-electron chi connectivity index (χ3n) is 3.73. The standard InChI is InChI=1S/C16H24N2O3.ClH/c1-17-9-8-16(19)18(13-4-5-13)11-12-10-14(20-2)6-7-15(12)21-3;/h6-7,10,13,17H,4-5,8-9,11H2,1-3H3;1H. The first-order valence-electron chi connectivity index (χ1n) is 7.34. The second-order valence-electron chi connectivity index (χ2n) is 5.28. The number of amides is 1. The first kappa shape index (κ1) is 18.6. The Labute approximate surface area is 138 Å². The first-order chi connectivity index (χ1) is 10.2. The van der Waals surface area contributed by atoms with Gasteiger partial charge in [-0.3, -0.25) is 4.79 Å². The van der Waals surface area contributed by atoms with Crippen molar-refractivity contribution in [2.24, 2.45) is 0 Å². The molecular weight excluding hydrogens is 304 g/mol. The summed E-state index contributed by atoms with van der Waals surface area (Å²) >= 11 is 0. The molecule has 0 aliphatic heterocycles. The van der Waals surface area contributed by atoms with Gasteiger partial charge in [0, 0.05) is 31.1 Å². The molecule has 22 heavy (non-hydrogen) atoms. The van der Waals surface area contributed by atoms with Crippen LogP contribution >= 0.6 is 12.4 Å². The average molecular weight is 329 g/mol. The number of carbonyl (C=O) groups is 1. The number of halogens is 1. The predicted molar refractivity (Wildman–Crippen MR) is 88.9 cm³/mol. The van der Waals surface area contributed by atoms with E-state index in [1.165, 1.54) is 0 Å². The maximum atomic E-state index is 12.4. The molecule has 1 aliphatic rings. The molecule has 1 aliphatic carbocycles. The molecule has 5 nitrogen and oxygen atoms in total. The Morgan fingerprint density at radius 2 is 2.05 bits per heavy atom. The van der Waals surface area contributed by atoms with Crippen molar-refractivity contribution in [2.75, 3.05) is 27.8 Å².